The maximum atomic E-state index is 11.7. The number of esters is 1. The largest absolute Gasteiger partial charge is 0.461 e. The lowest BCUT2D eigenvalue weighted by molar-refractivity contribution is 0.0519. The summed E-state index contributed by atoms with van der Waals surface area (Å²) < 4.78 is 4.98. The van der Waals surface area contributed by atoms with Gasteiger partial charge >= 0.3 is 5.97 Å². The maximum Gasteiger partial charge on any atom is 0.358 e. The molecule has 2 heterocycles. The fraction of sp³-hybridized carbons (Fsp3) is 0.308. The van der Waals surface area contributed by atoms with Crippen LogP contribution in [0.3, 0.4) is 0 Å². The molecule has 0 spiro atoms. The van der Waals surface area contributed by atoms with E-state index >= 15 is 0 Å². The Hall–Kier alpha value is -1.75. The highest BCUT2D eigenvalue weighted by Gasteiger charge is 2.17. The van der Waals surface area contributed by atoms with Crippen LogP contribution in [-0.4, -0.2) is 22.5 Å². The van der Waals surface area contributed by atoms with Gasteiger partial charge in [-0.15, -0.1) is 11.3 Å². The third-order valence-corrected chi connectivity index (χ3v) is 3.54. The summed E-state index contributed by atoms with van der Waals surface area (Å²) in [6, 6.07) is 1.93. The zero-order valence-corrected chi connectivity index (χ0v) is 11.4. The predicted octanol–water partition coefficient (Wildman–Crippen LogP) is 3.00. The molecule has 0 fully saturated rings. The number of carbonyl (C=O) groups is 1. The number of nitrogens with zero attached hydrogens (tertiary/aromatic N) is 2. The van der Waals surface area contributed by atoms with Crippen LogP contribution < -0.4 is 0 Å². The molecule has 0 aliphatic carbocycles. The molecule has 0 unspecified atom stereocenters. The van der Waals surface area contributed by atoms with Crippen LogP contribution in [0, 0.1) is 13.8 Å². The van der Waals surface area contributed by atoms with E-state index in [0.29, 0.717) is 12.3 Å². The van der Waals surface area contributed by atoms with Crippen molar-refractivity contribution in [3.05, 3.63) is 34.6 Å². The van der Waals surface area contributed by atoms with Gasteiger partial charge in [0, 0.05) is 22.8 Å². The van der Waals surface area contributed by atoms with Gasteiger partial charge in [0.2, 0.25) is 0 Å². The van der Waals surface area contributed by atoms with E-state index in [-0.39, 0.29) is 5.97 Å². The summed E-state index contributed by atoms with van der Waals surface area (Å²) in [4.78, 5) is 21.0. The Morgan fingerprint density at radius 1 is 1.44 bits per heavy atom. The summed E-state index contributed by atoms with van der Waals surface area (Å²) in [6.07, 6.45) is 3.51. The molecule has 0 N–H and O–H groups in total. The highest BCUT2D eigenvalue weighted by Crippen LogP contribution is 2.29. The van der Waals surface area contributed by atoms with Gasteiger partial charge in [-0.05, 0) is 32.4 Å². The smallest absolute Gasteiger partial charge is 0.358 e. The molecular formula is C13H14N2O2S. The SMILES string of the molecule is CCOC(=O)c1nc(-c2cnccc2C)sc1C. The summed E-state index contributed by atoms with van der Waals surface area (Å²) in [7, 11) is 0. The standard InChI is InChI=1S/C13H14N2O2S/c1-4-17-13(16)11-9(3)18-12(15-11)10-7-14-6-5-8(10)2/h5-7H,4H2,1-3H3. The Labute approximate surface area is 110 Å². The van der Waals surface area contributed by atoms with Crippen LogP contribution in [-0.2, 0) is 4.74 Å². The quantitative estimate of drug-likeness (QED) is 0.798. The second-order valence-corrected chi connectivity index (χ2v) is 5.04. The summed E-state index contributed by atoms with van der Waals surface area (Å²) in [5.74, 6) is -0.362. The second-order valence-electron chi connectivity index (χ2n) is 3.83. The van der Waals surface area contributed by atoms with Crippen LogP contribution in [0.25, 0.3) is 10.6 Å². The van der Waals surface area contributed by atoms with Gasteiger partial charge in [-0.25, -0.2) is 9.78 Å². The third-order valence-electron chi connectivity index (χ3n) is 2.53. The van der Waals surface area contributed by atoms with E-state index in [1.807, 2.05) is 19.9 Å². The molecule has 0 atom stereocenters. The van der Waals surface area contributed by atoms with Crippen molar-refractivity contribution in [1.82, 2.24) is 9.97 Å². The molecule has 0 saturated heterocycles. The number of rotatable bonds is 3. The van der Waals surface area contributed by atoms with Crippen molar-refractivity contribution in [1.29, 1.82) is 0 Å². The first-order valence-electron chi connectivity index (χ1n) is 5.69. The first kappa shape index (κ1) is 12.7. The van der Waals surface area contributed by atoms with Crippen LogP contribution in [0.15, 0.2) is 18.5 Å². The van der Waals surface area contributed by atoms with E-state index in [2.05, 4.69) is 9.97 Å². The molecule has 0 bridgehead atoms. The average molecular weight is 262 g/mol. The number of aryl methyl sites for hydroxylation is 2. The van der Waals surface area contributed by atoms with Crippen molar-refractivity contribution < 1.29 is 9.53 Å². The fourth-order valence-electron chi connectivity index (χ4n) is 1.59. The van der Waals surface area contributed by atoms with E-state index in [0.717, 1.165) is 21.0 Å². The van der Waals surface area contributed by atoms with Crippen molar-refractivity contribution in [2.24, 2.45) is 0 Å². The first-order chi connectivity index (χ1) is 8.63. The summed E-state index contributed by atoms with van der Waals surface area (Å²) in [6.45, 7) is 6.01. The summed E-state index contributed by atoms with van der Waals surface area (Å²) >= 11 is 1.48. The van der Waals surface area contributed by atoms with E-state index in [4.69, 9.17) is 4.74 Å². The molecule has 2 aromatic heterocycles. The van der Waals surface area contributed by atoms with Crippen molar-refractivity contribution in [2.45, 2.75) is 20.8 Å². The van der Waals surface area contributed by atoms with Crippen molar-refractivity contribution in [2.75, 3.05) is 6.61 Å². The van der Waals surface area contributed by atoms with E-state index in [1.165, 1.54) is 11.3 Å². The van der Waals surface area contributed by atoms with Gasteiger partial charge < -0.3 is 4.74 Å². The molecular weight excluding hydrogens is 248 g/mol. The molecule has 0 aliphatic heterocycles. The highest BCUT2D eigenvalue weighted by molar-refractivity contribution is 7.15. The molecule has 0 aromatic carbocycles. The van der Waals surface area contributed by atoms with E-state index < -0.39 is 0 Å². The minimum Gasteiger partial charge on any atom is -0.461 e. The molecule has 0 radical (unpaired) electrons. The van der Waals surface area contributed by atoms with Crippen molar-refractivity contribution in [3.8, 4) is 10.6 Å². The van der Waals surface area contributed by atoms with Crippen LogP contribution in [0.4, 0.5) is 0 Å². The predicted molar refractivity (Wildman–Crippen MR) is 70.8 cm³/mol. The molecule has 0 aliphatic rings. The number of hydrogen-bond acceptors (Lipinski definition) is 5. The monoisotopic (exact) mass is 262 g/mol. The number of aromatic nitrogens is 2. The molecule has 18 heavy (non-hydrogen) atoms. The normalized spacial score (nSPS) is 10.4. The van der Waals surface area contributed by atoms with Crippen molar-refractivity contribution >= 4 is 17.3 Å². The maximum absolute atomic E-state index is 11.7. The van der Waals surface area contributed by atoms with Gasteiger partial charge in [0.05, 0.1) is 6.61 Å². The number of ether oxygens (including phenoxy) is 1. The Morgan fingerprint density at radius 3 is 2.89 bits per heavy atom. The molecule has 2 rings (SSSR count). The molecule has 0 amide bonds. The average Bonchev–Trinajstić information content (AvgIpc) is 2.72. The minimum absolute atomic E-state index is 0.358. The Bertz CT molecular complexity index is 578. The Kier molecular flexibility index (Phi) is 3.72. The number of carbonyl (C=O) groups excluding carboxylic acids is 1. The van der Waals surface area contributed by atoms with Gasteiger partial charge in [-0.2, -0.15) is 0 Å². The fourth-order valence-corrected chi connectivity index (χ4v) is 2.56. The lowest BCUT2D eigenvalue weighted by Crippen LogP contribution is -2.06. The van der Waals surface area contributed by atoms with E-state index in [1.54, 1.807) is 19.3 Å². The lowest BCUT2D eigenvalue weighted by Gasteiger charge is -2.00. The minimum atomic E-state index is -0.362. The Balaban J connectivity index is 2.41. The molecule has 0 saturated carbocycles. The van der Waals surface area contributed by atoms with E-state index in [9.17, 15) is 4.79 Å². The molecule has 4 nitrogen and oxygen atoms in total. The third kappa shape index (κ3) is 2.41. The topological polar surface area (TPSA) is 52.1 Å². The van der Waals surface area contributed by atoms with Gasteiger partial charge in [-0.3, -0.25) is 4.98 Å². The number of pyridine rings is 1. The zero-order chi connectivity index (χ0) is 13.1. The highest BCUT2D eigenvalue weighted by atomic mass is 32.1. The van der Waals surface area contributed by atoms with Crippen LogP contribution in [0.5, 0.6) is 0 Å². The van der Waals surface area contributed by atoms with Gasteiger partial charge in [0.15, 0.2) is 5.69 Å². The second kappa shape index (κ2) is 5.27. The summed E-state index contributed by atoms with van der Waals surface area (Å²) in [5, 5.41) is 0.807. The zero-order valence-electron chi connectivity index (χ0n) is 10.6. The van der Waals surface area contributed by atoms with Crippen LogP contribution >= 0.6 is 11.3 Å². The van der Waals surface area contributed by atoms with Gasteiger partial charge in [0.25, 0.3) is 0 Å². The van der Waals surface area contributed by atoms with Gasteiger partial charge in [0.1, 0.15) is 5.01 Å². The lowest BCUT2D eigenvalue weighted by atomic mass is 10.2. The van der Waals surface area contributed by atoms with Crippen LogP contribution in [0.1, 0.15) is 27.9 Å². The van der Waals surface area contributed by atoms with Gasteiger partial charge in [-0.1, -0.05) is 0 Å². The molecule has 2 aromatic rings. The number of hydrogen-bond donors (Lipinski definition) is 0. The first-order valence-corrected chi connectivity index (χ1v) is 6.50. The molecule has 94 valence electrons. The Morgan fingerprint density at radius 2 is 2.22 bits per heavy atom. The van der Waals surface area contributed by atoms with Crippen molar-refractivity contribution in [3.63, 3.8) is 0 Å². The summed E-state index contributed by atoms with van der Waals surface area (Å²) in [5.41, 5.74) is 2.45. The number of thiazole rings is 1. The van der Waals surface area contributed by atoms with Crippen LogP contribution in [0.2, 0.25) is 0 Å². The molecule has 5 heteroatoms.